The van der Waals surface area contributed by atoms with Gasteiger partial charge in [-0.25, -0.2) is 0 Å². The Hall–Kier alpha value is -1.93. The molecule has 8 heteroatoms. The molecule has 136 valence electrons. The van der Waals surface area contributed by atoms with Gasteiger partial charge in [-0.15, -0.1) is 0 Å². The number of anilines is 1. The van der Waals surface area contributed by atoms with Crippen molar-refractivity contribution in [1.29, 1.82) is 0 Å². The molecule has 8 nitrogen and oxygen atoms in total. The predicted molar refractivity (Wildman–Crippen MR) is 98.0 cm³/mol. The number of fused-ring (bicyclic) bond motifs is 1. The van der Waals surface area contributed by atoms with Crippen molar-refractivity contribution < 1.29 is 0 Å². The van der Waals surface area contributed by atoms with Crippen LogP contribution >= 0.6 is 0 Å². The van der Waals surface area contributed by atoms with E-state index in [1.165, 1.54) is 0 Å². The highest BCUT2D eigenvalue weighted by Gasteiger charge is 2.35. The van der Waals surface area contributed by atoms with Crippen molar-refractivity contribution in [2.45, 2.75) is 25.9 Å². The van der Waals surface area contributed by atoms with Gasteiger partial charge in [0.05, 0.1) is 6.20 Å². The maximum atomic E-state index is 12.5. The Bertz CT molecular complexity index is 825. The van der Waals surface area contributed by atoms with E-state index < -0.39 is 0 Å². The molecular weight excluding hydrogens is 318 g/mol. The molecule has 2 fully saturated rings. The standard InChI is InChI=1S/C17H27N7O/c1-12(2)22-5-7-23(8-6-22)13-10-24(11-13)17-19-15-14(9-18-21(15)4)16(25)20(17)3/h9,12-13H,5-8,10-11H2,1-4H3. The average Bonchev–Trinajstić information content (AvgIpc) is 2.92. The van der Waals surface area contributed by atoms with Crippen molar-refractivity contribution in [1.82, 2.24) is 29.1 Å². The fourth-order valence-electron chi connectivity index (χ4n) is 3.91. The maximum absolute atomic E-state index is 12.5. The minimum Gasteiger partial charge on any atom is -0.339 e. The molecule has 2 saturated heterocycles. The van der Waals surface area contributed by atoms with Crippen LogP contribution in [0.25, 0.3) is 11.0 Å². The van der Waals surface area contributed by atoms with Gasteiger partial charge in [0.1, 0.15) is 5.39 Å². The van der Waals surface area contributed by atoms with Gasteiger partial charge in [-0.05, 0) is 13.8 Å². The Morgan fingerprint density at radius 3 is 2.44 bits per heavy atom. The van der Waals surface area contributed by atoms with Gasteiger partial charge in [0.15, 0.2) is 5.65 Å². The Labute approximate surface area is 147 Å². The van der Waals surface area contributed by atoms with Gasteiger partial charge in [0.2, 0.25) is 5.95 Å². The lowest BCUT2D eigenvalue weighted by Crippen LogP contribution is -2.64. The predicted octanol–water partition coefficient (Wildman–Crippen LogP) is -0.118. The highest BCUT2D eigenvalue weighted by molar-refractivity contribution is 5.74. The number of piperazine rings is 1. The summed E-state index contributed by atoms with van der Waals surface area (Å²) in [7, 11) is 3.62. The van der Waals surface area contributed by atoms with Gasteiger partial charge in [-0.2, -0.15) is 10.1 Å². The SMILES string of the molecule is CC(C)N1CCN(C2CN(c3nc4c(cnn4C)c(=O)n3C)C2)CC1. The molecule has 0 amide bonds. The summed E-state index contributed by atoms with van der Waals surface area (Å²) in [6, 6.07) is 1.19. The first-order chi connectivity index (χ1) is 12.0. The maximum Gasteiger partial charge on any atom is 0.265 e. The van der Waals surface area contributed by atoms with Crippen LogP contribution in [0.5, 0.6) is 0 Å². The third kappa shape index (κ3) is 2.73. The zero-order valence-corrected chi connectivity index (χ0v) is 15.5. The van der Waals surface area contributed by atoms with Gasteiger partial charge < -0.3 is 4.90 Å². The summed E-state index contributed by atoms with van der Waals surface area (Å²) in [4.78, 5) is 24.5. The lowest BCUT2D eigenvalue weighted by Gasteiger charge is -2.49. The van der Waals surface area contributed by atoms with Gasteiger partial charge >= 0.3 is 0 Å². The molecule has 0 aromatic carbocycles. The number of rotatable bonds is 3. The fourth-order valence-corrected chi connectivity index (χ4v) is 3.91. The number of aryl methyl sites for hydroxylation is 1. The first-order valence-electron chi connectivity index (χ1n) is 9.07. The summed E-state index contributed by atoms with van der Waals surface area (Å²) in [5.74, 6) is 0.748. The second-order valence-electron chi connectivity index (χ2n) is 7.51. The van der Waals surface area contributed by atoms with Crippen LogP contribution in [-0.4, -0.2) is 80.5 Å². The lowest BCUT2D eigenvalue weighted by atomic mass is 10.1. The normalized spacial score (nSPS) is 20.6. The molecule has 4 rings (SSSR count). The van der Waals surface area contributed by atoms with E-state index in [2.05, 4.69) is 33.6 Å². The number of aromatic nitrogens is 4. The monoisotopic (exact) mass is 345 g/mol. The number of nitrogens with zero attached hydrogens (tertiary/aromatic N) is 7. The summed E-state index contributed by atoms with van der Waals surface area (Å²) in [5.41, 5.74) is 0.634. The van der Waals surface area contributed by atoms with Crippen molar-refractivity contribution in [2.24, 2.45) is 14.1 Å². The number of hydrogen-bond acceptors (Lipinski definition) is 6. The van der Waals surface area contributed by atoms with Crippen LogP contribution in [0, 0.1) is 0 Å². The summed E-state index contributed by atoms with van der Waals surface area (Å²) < 4.78 is 3.32. The molecule has 0 atom stereocenters. The van der Waals surface area contributed by atoms with Crippen LogP contribution < -0.4 is 10.5 Å². The highest BCUT2D eigenvalue weighted by Crippen LogP contribution is 2.23. The third-order valence-electron chi connectivity index (χ3n) is 5.69. The molecule has 2 aliphatic rings. The zero-order valence-electron chi connectivity index (χ0n) is 15.5. The van der Waals surface area contributed by atoms with Gasteiger partial charge in [0.25, 0.3) is 5.56 Å². The van der Waals surface area contributed by atoms with Gasteiger partial charge in [0, 0.05) is 65.4 Å². The molecule has 0 bridgehead atoms. The molecule has 2 aromatic heterocycles. The van der Waals surface area contributed by atoms with Crippen molar-refractivity contribution in [3.05, 3.63) is 16.6 Å². The molecule has 0 saturated carbocycles. The van der Waals surface area contributed by atoms with Crippen LogP contribution in [0.4, 0.5) is 5.95 Å². The topological polar surface area (TPSA) is 62.4 Å². The molecule has 2 aliphatic heterocycles. The Morgan fingerprint density at radius 2 is 1.80 bits per heavy atom. The van der Waals surface area contributed by atoms with E-state index in [0.717, 1.165) is 45.2 Å². The van der Waals surface area contributed by atoms with E-state index in [9.17, 15) is 4.79 Å². The van der Waals surface area contributed by atoms with E-state index >= 15 is 0 Å². The smallest absolute Gasteiger partial charge is 0.265 e. The molecule has 0 aliphatic carbocycles. The summed E-state index contributed by atoms with van der Waals surface area (Å²) >= 11 is 0. The van der Waals surface area contributed by atoms with Gasteiger partial charge in [-0.1, -0.05) is 0 Å². The van der Waals surface area contributed by atoms with E-state index in [1.54, 1.807) is 22.5 Å². The minimum absolute atomic E-state index is 0.0258. The molecule has 4 heterocycles. The minimum atomic E-state index is -0.0258. The molecule has 0 radical (unpaired) electrons. The summed E-state index contributed by atoms with van der Waals surface area (Å²) in [6.07, 6.45) is 1.60. The molecular formula is C17H27N7O. The Kier molecular flexibility index (Phi) is 4.04. The van der Waals surface area contributed by atoms with E-state index in [1.807, 2.05) is 7.05 Å². The van der Waals surface area contributed by atoms with Crippen molar-refractivity contribution >= 4 is 17.0 Å². The summed E-state index contributed by atoms with van der Waals surface area (Å²) in [5, 5.41) is 4.74. The zero-order chi connectivity index (χ0) is 17.7. The third-order valence-corrected chi connectivity index (χ3v) is 5.69. The van der Waals surface area contributed by atoms with Crippen molar-refractivity contribution in [3.63, 3.8) is 0 Å². The molecule has 2 aromatic rings. The largest absolute Gasteiger partial charge is 0.339 e. The van der Waals surface area contributed by atoms with Crippen LogP contribution in [-0.2, 0) is 14.1 Å². The van der Waals surface area contributed by atoms with Gasteiger partial charge in [-0.3, -0.25) is 23.8 Å². The van der Waals surface area contributed by atoms with E-state index in [4.69, 9.17) is 4.98 Å². The van der Waals surface area contributed by atoms with Crippen LogP contribution in [0.15, 0.2) is 11.0 Å². The first kappa shape index (κ1) is 16.5. The lowest BCUT2D eigenvalue weighted by molar-refractivity contribution is 0.0672. The summed E-state index contributed by atoms with van der Waals surface area (Å²) in [6.45, 7) is 10.9. The van der Waals surface area contributed by atoms with Crippen LogP contribution in [0.2, 0.25) is 0 Å². The Morgan fingerprint density at radius 1 is 1.12 bits per heavy atom. The van der Waals surface area contributed by atoms with E-state index in [-0.39, 0.29) is 5.56 Å². The number of hydrogen-bond donors (Lipinski definition) is 0. The molecule has 25 heavy (non-hydrogen) atoms. The molecule has 0 unspecified atom stereocenters. The van der Waals surface area contributed by atoms with Crippen molar-refractivity contribution in [2.75, 3.05) is 44.2 Å². The second kappa shape index (κ2) is 6.10. The molecule has 0 N–H and O–H groups in total. The average molecular weight is 345 g/mol. The van der Waals surface area contributed by atoms with Crippen molar-refractivity contribution in [3.8, 4) is 0 Å². The quantitative estimate of drug-likeness (QED) is 0.773. The van der Waals surface area contributed by atoms with Crippen LogP contribution in [0.1, 0.15) is 13.8 Å². The van der Waals surface area contributed by atoms with Crippen LogP contribution in [0.3, 0.4) is 0 Å². The first-order valence-corrected chi connectivity index (χ1v) is 9.07. The second-order valence-corrected chi connectivity index (χ2v) is 7.51. The van der Waals surface area contributed by atoms with E-state index in [0.29, 0.717) is 23.1 Å². The fraction of sp³-hybridized carbons (Fsp3) is 0.706. The highest BCUT2D eigenvalue weighted by atomic mass is 16.1. The Balaban J connectivity index is 1.46. The molecule has 0 spiro atoms.